The predicted molar refractivity (Wildman–Crippen MR) is 78.9 cm³/mol. The monoisotopic (exact) mass is 319 g/mol. The Labute approximate surface area is 117 Å². The quantitative estimate of drug-likeness (QED) is 0.821. The molecule has 0 saturated heterocycles. The van der Waals surface area contributed by atoms with Gasteiger partial charge in [0.05, 0.1) is 0 Å². The van der Waals surface area contributed by atoms with Gasteiger partial charge in [-0.3, -0.25) is 0 Å². The standard InChI is InChI=1S/C13H18BrNO.ClH/c1-7(2)5-10(15)12-9(4)13(14)8(3)6-11(12)16;/h6,10,16H,1,5,15H2,2-4H3;1H/t10-;/m1./s1. The van der Waals surface area contributed by atoms with Crippen LogP contribution in [0.3, 0.4) is 0 Å². The van der Waals surface area contributed by atoms with E-state index < -0.39 is 0 Å². The number of nitrogens with two attached hydrogens (primary N) is 1. The molecule has 0 spiro atoms. The van der Waals surface area contributed by atoms with Gasteiger partial charge in [0, 0.05) is 16.1 Å². The van der Waals surface area contributed by atoms with Crippen LogP contribution in [0.15, 0.2) is 22.7 Å². The lowest BCUT2D eigenvalue weighted by Crippen LogP contribution is -2.13. The molecule has 0 saturated carbocycles. The zero-order valence-corrected chi connectivity index (χ0v) is 12.8. The van der Waals surface area contributed by atoms with Crippen LogP contribution in [0.25, 0.3) is 0 Å². The van der Waals surface area contributed by atoms with Crippen LogP contribution in [0.2, 0.25) is 0 Å². The van der Waals surface area contributed by atoms with Gasteiger partial charge in [0.15, 0.2) is 0 Å². The minimum Gasteiger partial charge on any atom is -0.508 e. The van der Waals surface area contributed by atoms with E-state index in [1.54, 1.807) is 6.07 Å². The predicted octanol–water partition coefficient (Wildman–Crippen LogP) is 4.16. The lowest BCUT2D eigenvalue weighted by atomic mass is 9.94. The first kappa shape index (κ1) is 16.5. The number of hydrogen-bond donors (Lipinski definition) is 2. The summed E-state index contributed by atoms with van der Waals surface area (Å²) in [6.45, 7) is 9.70. The van der Waals surface area contributed by atoms with Crippen molar-refractivity contribution in [1.82, 2.24) is 0 Å². The summed E-state index contributed by atoms with van der Waals surface area (Å²) < 4.78 is 1.01. The maximum Gasteiger partial charge on any atom is 0.120 e. The Hall–Kier alpha value is -0.510. The molecule has 1 atom stereocenters. The number of hydrogen-bond acceptors (Lipinski definition) is 2. The fourth-order valence-electron chi connectivity index (χ4n) is 1.90. The summed E-state index contributed by atoms with van der Waals surface area (Å²) in [5.41, 5.74) is 9.92. The van der Waals surface area contributed by atoms with Gasteiger partial charge >= 0.3 is 0 Å². The highest BCUT2D eigenvalue weighted by atomic mass is 79.9. The third kappa shape index (κ3) is 3.73. The van der Waals surface area contributed by atoms with Crippen LogP contribution in [0, 0.1) is 13.8 Å². The van der Waals surface area contributed by atoms with E-state index in [9.17, 15) is 5.11 Å². The Kier molecular flexibility index (Phi) is 6.24. The molecule has 0 radical (unpaired) electrons. The van der Waals surface area contributed by atoms with Crippen LogP contribution in [0.4, 0.5) is 0 Å². The van der Waals surface area contributed by atoms with Crippen molar-refractivity contribution in [3.8, 4) is 5.75 Å². The molecule has 0 aliphatic heterocycles. The van der Waals surface area contributed by atoms with Crippen molar-refractivity contribution in [3.05, 3.63) is 39.4 Å². The fraction of sp³-hybridized carbons (Fsp3) is 0.385. The van der Waals surface area contributed by atoms with E-state index in [-0.39, 0.29) is 24.2 Å². The molecule has 0 heterocycles. The number of aromatic hydroxyl groups is 1. The second-order valence-electron chi connectivity index (χ2n) is 4.33. The van der Waals surface area contributed by atoms with Gasteiger partial charge in [-0.1, -0.05) is 21.5 Å². The first-order valence-corrected chi connectivity index (χ1v) is 6.02. The summed E-state index contributed by atoms with van der Waals surface area (Å²) in [6, 6.07) is 1.54. The Morgan fingerprint density at radius 2 is 2.06 bits per heavy atom. The molecular weight excluding hydrogens is 302 g/mol. The van der Waals surface area contributed by atoms with Crippen molar-refractivity contribution in [2.24, 2.45) is 5.73 Å². The molecular formula is C13H19BrClNO. The van der Waals surface area contributed by atoms with Gasteiger partial charge in [0.2, 0.25) is 0 Å². The van der Waals surface area contributed by atoms with E-state index in [2.05, 4.69) is 22.5 Å². The summed E-state index contributed by atoms with van der Waals surface area (Å²) in [4.78, 5) is 0. The van der Waals surface area contributed by atoms with Crippen molar-refractivity contribution < 1.29 is 5.11 Å². The number of phenolic OH excluding ortho intramolecular Hbond substituents is 1. The summed E-state index contributed by atoms with van der Waals surface area (Å²) in [7, 11) is 0. The molecule has 1 aromatic rings. The molecule has 0 aliphatic rings. The molecule has 0 aliphatic carbocycles. The minimum atomic E-state index is -0.200. The van der Waals surface area contributed by atoms with Gasteiger partial charge in [0.1, 0.15) is 5.75 Å². The molecule has 2 nitrogen and oxygen atoms in total. The Morgan fingerprint density at radius 1 is 1.53 bits per heavy atom. The van der Waals surface area contributed by atoms with Gasteiger partial charge in [-0.2, -0.15) is 0 Å². The van der Waals surface area contributed by atoms with E-state index >= 15 is 0 Å². The summed E-state index contributed by atoms with van der Waals surface area (Å²) in [5, 5.41) is 9.95. The molecule has 1 aromatic carbocycles. The van der Waals surface area contributed by atoms with Gasteiger partial charge in [-0.05, 0) is 44.4 Å². The number of aryl methyl sites for hydroxylation is 1. The lowest BCUT2D eigenvalue weighted by Gasteiger charge is -2.18. The first-order valence-electron chi connectivity index (χ1n) is 5.23. The van der Waals surface area contributed by atoms with Crippen LogP contribution in [0.1, 0.15) is 36.1 Å². The molecule has 1 rings (SSSR count). The third-order valence-corrected chi connectivity index (χ3v) is 3.87. The first-order chi connectivity index (χ1) is 7.34. The average molecular weight is 321 g/mol. The smallest absolute Gasteiger partial charge is 0.120 e. The number of halogens is 2. The van der Waals surface area contributed by atoms with E-state index in [4.69, 9.17) is 5.73 Å². The van der Waals surface area contributed by atoms with E-state index in [0.717, 1.165) is 26.7 Å². The minimum absolute atomic E-state index is 0. The SMILES string of the molecule is C=C(C)C[C@@H](N)c1c(O)cc(C)c(Br)c1C.Cl. The molecule has 4 heteroatoms. The van der Waals surface area contributed by atoms with Gasteiger partial charge in [-0.15, -0.1) is 19.0 Å². The average Bonchev–Trinajstić information content (AvgIpc) is 2.13. The van der Waals surface area contributed by atoms with E-state index in [1.165, 1.54) is 0 Å². The lowest BCUT2D eigenvalue weighted by molar-refractivity contribution is 0.459. The molecule has 3 N–H and O–H groups in total. The van der Waals surface area contributed by atoms with Crippen molar-refractivity contribution >= 4 is 28.3 Å². The van der Waals surface area contributed by atoms with E-state index in [1.807, 2.05) is 20.8 Å². The molecule has 96 valence electrons. The molecule has 0 bridgehead atoms. The molecule has 0 aromatic heterocycles. The maximum absolute atomic E-state index is 9.95. The second kappa shape index (κ2) is 6.43. The van der Waals surface area contributed by atoms with Crippen molar-refractivity contribution in [3.63, 3.8) is 0 Å². The fourth-order valence-corrected chi connectivity index (χ4v) is 2.23. The Morgan fingerprint density at radius 3 is 2.53 bits per heavy atom. The number of phenols is 1. The normalized spacial score (nSPS) is 11.8. The zero-order chi connectivity index (χ0) is 12.5. The maximum atomic E-state index is 9.95. The van der Waals surface area contributed by atoms with E-state index in [0.29, 0.717) is 6.42 Å². The topological polar surface area (TPSA) is 46.2 Å². The van der Waals surface area contributed by atoms with Crippen LogP contribution < -0.4 is 5.73 Å². The molecule has 0 unspecified atom stereocenters. The summed E-state index contributed by atoms with van der Waals surface area (Å²) >= 11 is 3.51. The Balaban J connectivity index is 0.00000256. The molecule has 0 amide bonds. The van der Waals surface area contributed by atoms with Crippen LogP contribution >= 0.6 is 28.3 Å². The van der Waals surface area contributed by atoms with Gasteiger partial charge < -0.3 is 10.8 Å². The van der Waals surface area contributed by atoms with Crippen LogP contribution in [-0.2, 0) is 0 Å². The largest absolute Gasteiger partial charge is 0.508 e. The number of rotatable bonds is 3. The zero-order valence-electron chi connectivity index (χ0n) is 10.4. The number of benzene rings is 1. The van der Waals surface area contributed by atoms with Gasteiger partial charge in [0.25, 0.3) is 0 Å². The second-order valence-corrected chi connectivity index (χ2v) is 5.13. The van der Waals surface area contributed by atoms with Crippen molar-refractivity contribution in [2.75, 3.05) is 0 Å². The van der Waals surface area contributed by atoms with Gasteiger partial charge in [-0.25, -0.2) is 0 Å². The van der Waals surface area contributed by atoms with Crippen molar-refractivity contribution in [2.45, 2.75) is 33.2 Å². The highest BCUT2D eigenvalue weighted by Crippen LogP contribution is 2.35. The summed E-state index contributed by atoms with van der Waals surface area (Å²) in [6.07, 6.45) is 0.684. The summed E-state index contributed by atoms with van der Waals surface area (Å²) in [5.74, 6) is 0.270. The highest BCUT2D eigenvalue weighted by Gasteiger charge is 2.17. The Bertz CT molecular complexity index is 432. The highest BCUT2D eigenvalue weighted by molar-refractivity contribution is 9.10. The molecule has 0 fully saturated rings. The van der Waals surface area contributed by atoms with Crippen LogP contribution in [-0.4, -0.2) is 5.11 Å². The molecule has 17 heavy (non-hydrogen) atoms. The third-order valence-electron chi connectivity index (χ3n) is 2.65. The van der Waals surface area contributed by atoms with Crippen molar-refractivity contribution in [1.29, 1.82) is 0 Å². The van der Waals surface area contributed by atoms with Crippen LogP contribution in [0.5, 0.6) is 5.75 Å².